The fourth-order valence-corrected chi connectivity index (χ4v) is 12.8. The van der Waals surface area contributed by atoms with Gasteiger partial charge in [0, 0.05) is 21.7 Å². The van der Waals surface area contributed by atoms with Gasteiger partial charge in [0.2, 0.25) is 0 Å². The van der Waals surface area contributed by atoms with Crippen molar-refractivity contribution in [2.24, 2.45) is 0 Å². The van der Waals surface area contributed by atoms with Crippen molar-refractivity contribution in [1.29, 1.82) is 0 Å². The highest BCUT2D eigenvalue weighted by Gasteiger charge is 2.27. The third kappa shape index (κ3) is 6.14. The van der Waals surface area contributed by atoms with Gasteiger partial charge in [-0.1, -0.05) is 170 Å². The SMILES string of the molecule is C=C/C=C\c1oc2ccc(-c3ccc4c(c3)-c3cc5c6ccccc6c6ccccc6c5cc3-c3cc(-c5ccc6oc7ccccc7c6c5)ccc3-c3cc5c6ccccc6c6ccccc6c5cc3-4)cc2c1C. The Labute approximate surface area is 432 Å². The quantitative estimate of drug-likeness (QED) is 0.130. The number of allylic oxidation sites excluding steroid dienone is 2. The topological polar surface area (TPSA) is 26.3 Å². The van der Waals surface area contributed by atoms with Crippen LogP contribution in [0.25, 0.3) is 170 Å². The fourth-order valence-electron chi connectivity index (χ4n) is 12.8. The zero-order valence-corrected chi connectivity index (χ0v) is 41.0. The van der Waals surface area contributed by atoms with Gasteiger partial charge in [0.25, 0.3) is 0 Å². The number of benzene rings is 13. The van der Waals surface area contributed by atoms with Gasteiger partial charge in [-0.3, -0.25) is 0 Å². The monoisotopic (exact) mass is 952 g/mol. The molecule has 0 radical (unpaired) electrons. The van der Waals surface area contributed by atoms with E-state index in [9.17, 15) is 0 Å². The molecule has 348 valence electrons. The van der Waals surface area contributed by atoms with E-state index in [4.69, 9.17) is 8.83 Å². The lowest BCUT2D eigenvalue weighted by Gasteiger charge is -2.26. The first-order valence-corrected chi connectivity index (χ1v) is 25.8. The molecule has 0 saturated carbocycles. The van der Waals surface area contributed by atoms with Crippen molar-refractivity contribution in [3.05, 3.63) is 248 Å². The Morgan fingerprint density at radius 2 is 0.613 bits per heavy atom. The van der Waals surface area contributed by atoms with Crippen molar-refractivity contribution in [3.63, 3.8) is 0 Å². The summed E-state index contributed by atoms with van der Waals surface area (Å²) in [7, 11) is 0. The van der Waals surface area contributed by atoms with Crippen LogP contribution in [0.15, 0.2) is 246 Å². The highest BCUT2D eigenvalue weighted by atomic mass is 16.3. The smallest absolute Gasteiger partial charge is 0.135 e. The van der Waals surface area contributed by atoms with Crippen LogP contribution < -0.4 is 0 Å². The first-order valence-electron chi connectivity index (χ1n) is 25.8. The number of hydrogen-bond acceptors (Lipinski definition) is 2. The van der Waals surface area contributed by atoms with Crippen LogP contribution in [0.3, 0.4) is 0 Å². The minimum absolute atomic E-state index is 0.848. The Hall–Kier alpha value is -9.76. The first-order chi connectivity index (χ1) is 37.0. The van der Waals surface area contributed by atoms with E-state index in [2.05, 4.69) is 226 Å². The van der Waals surface area contributed by atoms with Crippen molar-refractivity contribution in [1.82, 2.24) is 0 Å². The number of furan rings is 2. The molecule has 2 heteroatoms. The van der Waals surface area contributed by atoms with Crippen LogP contribution in [-0.2, 0) is 0 Å². The third-order valence-corrected chi connectivity index (χ3v) is 16.4. The second kappa shape index (κ2) is 15.9. The van der Waals surface area contributed by atoms with Crippen LogP contribution in [0.5, 0.6) is 0 Å². The van der Waals surface area contributed by atoms with Gasteiger partial charge in [0.05, 0.1) is 0 Å². The Morgan fingerprint density at radius 3 is 1.07 bits per heavy atom. The first kappa shape index (κ1) is 41.8. The van der Waals surface area contributed by atoms with Gasteiger partial charge in [-0.25, -0.2) is 0 Å². The molecule has 2 heterocycles. The average molecular weight is 953 g/mol. The minimum atomic E-state index is 0.848. The molecule has 0 spiro atoms. The van der Waals surface area contributed by atoms with Crippen LogP contribution in [0.4, 0.5) is 0 Å². The zero-order valence-electron chi connectivity index (χ0n) is 41.0. The van der Waals surface area contributed by atoms with E-state index in [1.165, 1.54) is 109 Å². The van der Waals surface area contributed by atoms with Gasteiger partial charge < -0.3 is 8.83 Å². The molecule has 0 saturated heterocycles. The van der Waals surface area contributed by atoms with E-state index in [1.807, 2.05) is 18.2 Å². The van der Waals surface area contributed by atoms with Gasteiger partial charge in [0.15, 0.2) is 0 Å². The van der Waals surface area contributed by atoms with E-state index >= 15 is 0 Å². The number of fused-ring (bicyclic) bond motifs is 24. The summed E-state index contributed by atoms with van der Waals surface area (Å²) in [6.07, 6.45) is 5.71. The molecule has 0 bridgehead atoms. The molecule has 2 nitrogen and oxygen atoms in total. The van der Waals surface area contributed by atoms with Gasteiger partial charge >= 0.3 is 0 Å². The predicted molar refractivity (Wildman–Crippen MR) is 319 cm³/mol. The molecule has 13 aromatic carbocycles. The molecule has 0 fully saturated rings. The summed E-state index contributed by atoms with van der Waals surface area (Å²) < 4.78 is 12.7. The summed E-state index contributed by atoms with van der Waals surface area (Å²) in [5.74, 6) is 0.848. The van der Waals surface area contributed by atoms with Crippen molar-refractivity contribution in [2.45, 2.75) is 6.92 Å². The Bertz CT molecular complexity index is 5040. The lowest BCUT2D eigenvalue weighted by atomic mass is 9.77. The van der Waals surface area contributed by atoms with Gasteiger partial charge in [0.1, 0.15) is 22.5 Å². The molecule has 0 amide bonds. The normalized spacial score (nSPS) is 12.3. The van der Waals surface area contributed by atoms with E-state index < -0.39 is 0 Å². The van der Waals surface area contributed by atoms with Crippen LogP contribution in [0, 0.1) is 6.92 Å². The third-order valence-electron chi connectivity index (χ3n) is 16.4. The fraction of sp³-hybridized carbons (Fsp3) is 0.0137. The van der Waals surface area contributed by atoms with Crippen molar-refractivity contribution in [3.8, 4) is 66.8 Å². The Morgan fingerprint density at radius 1 is 0.280 bits per heavy atom. The highest BCUT2D eigenvalue weighted by molar-refractivity contribution is 6.29. The summed E-state index contributed by atoms with van der Waals surface area (Å²) in [6, 6.07) is 81.7. The van der Waals surface area contributed by atoms with Crippen LogP contribution in [-0.4, -0.2) is 0 Å². The molecule has 0 atom stereocenters. The zero-order chi connectivity index (χ0) is 49.5. The second-order valence-corrected chi connectivity index (χ2v) is 20.3. The molecular weight excluding hydrogens is 909 g/mol. The van der Waals surface area contributed by atoms with Crippen LogP contribution >= 0.6 is 0 Å². The maximum atomic E-state index is 6.37. The number of aryl methyl sites for hydroxylation is 1. The number of hydrogen-bond donors (Lipinski definition) is 0. The molecule has 2 aromatic heterocycles. The summed E-state index contributed by atoms with van der Waals surface area (Å²) in [5, 5.41) is 18.3. The average Bonchev–Trinajstić information content (AvgIpc) is 4.01. The molecule has 0 N–H and O–H groups in total. The van der Waals surface area contributed by atoms with E-state index in [0.717, 1.165) is 66.5 Å². The lowest BCUT2D eigenvalue weighted by molar-refractivity contribution is 0.601. The molecule has 16 rings (SSSR count). The molecule has 75 heavy (non-hydrogen) atoms. The van der Waals surface area contributed by atoms with Gasteiger partial charge in [-0.05, 0) is 211 Å². The Kier molecular flexibility index (Phi) is 8.85. The molecule has 15 aromatic rings. The van der Waals surface area contributed by atoms with E-state index in [-0.39, 0.29) is 0 Å². The summed E-state index contributed by atoms with van der Waals surface area (Å²) in [5.41, 5.74) is 17.9. The van der Waals surface area contributed by atoms with E-state index in [0.29, 0.717) is 0 Å². The molecule has 0 aliphatic heterocycles. The maximum absolute atomic E-state index is 6.37. The molecule has 1 aliphatic carbocycles. The van der Waals surface area contributed by atoms with Crippen LogP contribution in [0.1, 0.15) is 11.3 Å². The second-order valence-electron chi connectivity index (χ2n) is 20.3. The predicted octanol–water partition coefficient (Wildman–Crippen LogP) is 21.1. The summed E-state index contributed by atoms with van der Waals surface area (Å²) in [4.78, 5) is 0. The van der Waals surface area contributed by atoms with Crippen molar-refractivity contribution in [2.75, 3.05) is 0 Å². The van der Waals surface area contributed by atoms with Crippen LogP contribution in [0.2, 0.25) is 0 Å². The number of rotatable bonds is 4. The maximum Gasteiger partial charge on any atom is 0.135 e. The molecule has 0 unspecified atom stereocenters. The van der Waals surface area contributed by atoms with Gasteiger partial charge in [-0.2, -0.15) is 0 Å². The molecular formula is C73H44O2. The van der Waals surface area contributed by atoms with E-state index in [1.54, 1.807) is 6.08 Å². The highest BCUT2D eigenvalue weighted by Crippen LogP contribution is 2.54. The van der Waals surface area contributed by atoms with Crippen molar-refractivity contribution >= 4 is 104 Å². The lowest BCUT2D eigenvalue weighted by Crippen LogP contribution is -2.00. The number of para-hydroxylation sites is 1. The van der Waals surface area contributed by atoms with Gasteiger partial charge in [-0.15, -0.1) is 0 Å². The summed E-state index contributed by atoms with van der Waals surface area (Å²) >= 11 is 0. The largest absolute Gasteiger partial charge is 0.456 e. The Balaban J connectivity index is 1.05. The van der Waals surface area contributed by atoms with Crippen molar-refractivity contribution < 1.29 is 8.83 Å². The molecule has 1 aliphatic rings. The standard InChI is InChI=1S/C73H44O2/c1-3-4-24-70-42(2)58-34-45(28-32-72(58)74-70)43-26-30-55-59(35-43)67-40-63-53-21-11-7-17-49(53)50-18-8-12-22-54(50)64(63)41-68(67)60-36-44(46-29-33-73-69(37-46)57-23-13-14-25-71(57)75-73)27-31-56(60)66-39-62-52-20-10-6-16-48(52)47-15-5-9-19-51(47)61(62)38-65(55)66/h3-41H,1H2,2H3/b24-4-,65-55?,66-56?,67-59?,68-60?. The summed E-state index contributed by atoms with van der Waals surface area (Å²) in [6.45, 7) is 6.03. The minimum Gasteiger partial charge on any atom is -0.456 e.